The molecular formula is C18H36O3. The van der Waals surface area contributed by atoms with Crippen LogP contribution in [0.1, 0.15) is 99.3 Å². The molecule has 0 radical (unpaired) electrons. The molecule has 0 saturated carbocycles. The minimum atomic E-state index is -0.475. The van der Waals surface area contributed by atoms with Crippen molar-refractivity contribution < 1.29 is 14.6 Å². The fourth-order valence-corrected chi connectivity index (χ4v) is 1.96. The van der Waals surface area contributed by atoms with E-state index < -0.39 is 5.60 Å². The van der Waals surface area contributed by atoms with Gasteiger partial charge in [0.25, 0.3) is 0 Å². The van der Waals surface area contributed by atoms with E-state index in [0.29, 0.717) is 6.42 Å². The third-order valence-electron chi connectivity index (χ3n) is 4.84. The molecule has 0 unspecified atom stereocenters. The fraction of sp³-hybridized carbons (Fsp3) is 0.944. The predicted octanol–water partition coefficient (Wildman–Crippen LogP) is 5.82. The van der Waals surface area contributed by atoms with Crippen molar-refractivity contribution in [3.8, 4) is 0 Å². The summed E-state index contributed by atoms with van der Waals surface area (Å²) in [7, 11) is 0. The summed E-state index contributed by atoms with van der Waals surface area (Å²) in [6.07, 6.45) is 9.80. The average molecular weight is 300 g/mol. The molecule has 0 rings (SSSR count). The Morgan fingerprint density at radius 3 is 1.90 bits per heavy atom. The van der Waals surface area contributed by atoms with Crippen molar-refractivity contribution in [1.82, 2.24) is 0 Å². The maximum absolute atomic E-state index is 11.7. The Bertz CT molecular complexity index is 282. The van der Waals surface area contributed by atoms with Crippen LogP contribution < -0.4 is 0 Å². The minimum Gasteiger partial charge on any atom is -0.298 e. The summed E-state index contributed by atoms with van der Waals surface area (Å²) in [6.45, 7) is 12.5. The van der Waals surface area contributed by atoms with Gasteiger partial charge in [0.05, 0.1) is 0 Å². The normalized spacial score (nSPS) is 12.5. The van der Waals surface area contributed by atoms with Crippen LogP contribution in [-0.4, -0.2) is 11.6 Å². The molecule has 126 valence electrons. The average Bonchev–Trinajstić information content (AvgIpc) is 2.44. The van der Waals surface area contributed by atoms with E-state index in [9.17, 15) is 4.79 Å². The number of unbranched alkanes of at least 4 members (excludes halogenated alkanes) is 6. The smallest absolute Gasteiger partial charge is 0.298 e. The van der Waals surface area contributed by atoms with Gasteiger partial charge in [-0.25, -0.2) is 4.79 Å². The lowest BCUT2D eigenvalue weighted by atomic mass is 9.75. The first kappa shape index (κ1) is 20.4. The van der Waals surface area contributed by atoms with Gasteiger partial charge >= 0.3 is 5.97 Å². The number of hydrogen-bond acceptors (Lipinski definition) is 3. The van der Waals surface area contributed by atoms with Crippen LogP contribution in [0.5, 0.6) is 0 Å². The largest absolute Gasteiger partial charge is 0.342 e. The van der Waals surface area contributed by atoms with Crippen LogP contribution >= 0.6 is 0 Å². The molecule has 0 aromatic rings. The van der Waals surface area contributed by atoms with Crippen LogP contribution in [0.4, 0.5) is 0 Å². The van der Waals surface area contributed by atoms with Crippen LogP contribution in [0.3, 0.4) is 0 Å². The molecule has 0 N–H and O–H groups in total. The Labute approximate surface area is 131 Å². The molecule has 0 aliphatic carbocycles. The van der Waals surface area contributed by atoms with Gasteiger partial charge in [0, 0.05) is 6.42 Å². The van der Waals surface area contributed by atoms with E-state index in [-0.39, 0.29) is 11.4 Å². The molecule has 0 aliphatic heterocycles. The summed E-state index contributed by atoms with van der Waals surface area (Å²) in [5.74, 6) is -0.247. The summed E-state index contributed by atoms with van der Waals surface area (Å²) in [6, 6.07) is 0. The van der Waals surface area contributed by atoms with Crippen LogP contribution in [0.25, 0.3) is 0 Å². The van der Waals surface area contributed by atoms with Gasteiger partial charge in [-0.1, -0.05) is 66.2 Å². The van der Waals surface area contributed by atoms with Crippen molar-refractivity contribution in [3.63, 3.8) is 0 Å². The van der Waals surface area contributed by atoms with Crippen LogP contribution in [0.2, 0.25) is 0 Å². The molecule has 0 amide bonds. The Hall–Kier alpha value is -0.570. The third-order valence-corrected chi connectivity index (χ3v) is 4.84. The predicted molar refractivity (Wildman–Crippen MR) is 87.9 cm³/mol. The molecule has 3 nitrogen and oxygen atoms in total. The molecule has 0 heterocycles. The Morgan fingerprint density at radius 1 is 0.857 bits per heavy atom. The number of carbonyl (C=O) groups excluding carboxylic acids is 1. The third kappa shape index (κ3) is 8.45. The van der Waals surface area contributed by atoms with Gasteiger partial charge in [-0.15, -0.1) is 0 Å². The van der Waals surface area contributed by atoms with Crippen molar-refractivity contribution >= 4 is 5.97 Å². The van der Waals surface area contributed by atoms with Crippen LogP contribution in [0.15, 0.2) is 0 Å². The lowest BCUT2D eigenvalue weighted by molar-refractivity contribution is -0.347. The van der Waals surface area contributed by atoms with Gasteiger partial charge in [-0.3, -0.25) is 4.89 Å². The summed E-state index contributed by atoms with van der Waals surface area (Å²) in [4.78, 5) is 22.1. The lowest BCUT2D eigenvalue weighted by Crippen LogP contribution is -2.41. The van der Waals surface area contributed by atoms with E-state index in [1.807, 2.05) is 13.8 Å². The van der Waals surface area contributed by atoms with E-state index >= 15 is 0 Å². The van der Waals surface area contributed by atoms with Crippen molar-refractivity contribution in [2.75, 3.05) is 0 Å². The van der Waals surface area contributed by atoms with Gasteiger partial charge in [-0.2, -0.15) is 4.89 Å². The van der Waals surface area contributed by atoms with Crippen molar-refractivity contribution in [2.45, 2.75) is 105 Å². The molecule has 0 fully saturated rings. The van der Waals surface area contributed by atoms with Gasteiger partial charge in [0.15, 0.2) is 0 Å². The summed E-state index contributed by atoms with van der Waals surface area (Å²) < 4.78 is 0. The number of hydrogen-bond donors (Lipinski definition) is 0. The lowest BCUT2D eigenvalue weighted by Gasteiger charge is -2.38. The first-order chi connectivity index (χ1) is 9.77. The molecule has 0 spiro atoms. The van der Waals surface area contributed by atoms with E-state index in [1.54, 1.807) is 0 Å². The number of carbonyl (C=O) groups is 1. The van der Waals surface area contributed by atoms with Crippen LogP contribution in [0, 0.1) is 5.41 Å². The van der Waals surface area contributed by atoms with Crippen LogP contribution in [-0.2, 0) is 14.6 Å². The summed E-state index contributed by atoms with van der Waals surface area (Å²) in [5, 5.41) is 0. The van der Waals surface area contributed by atoms with Gasteiger partial charge in [0.1, 0.15) is 5.60 Å². The van der Waals surface area contributed by atoms with Gasteiger partial charge in [-0.05, 0) is 32.1 Å². The van der Waals surface area contributed by atoms with E-state index in [2.05, 4.69) is 27.7 Å². The zero-order valence-electron chi connectivity index (χ0n) is 15.1. The Morgan fingerprint density at radius 2 is 1.38 bits per heavy atom. The van der Waals surface area contributed by atoms with Crippen molar-refractivity contribution in [1.29, 1.82) is 0 Å². The summed E-state index contributed by atoms with van der Waals surface area (Å²) >= 11 is 0. The second-order valence-corrected chi connectivity index (χ2v) is 7.16. The zero-order valence-corrected chi connectivity index (χ0v) is 15.1. The van der Waals surface area contributed by atoms with E-state index in [1.165, 1.54) is 32.1 Å². The topological polar surface area (TPSA) is 35.5 Å². The minimum absolute atomic E-state index is 0.0352. The van der Waals surface area contributed by atoms with E-state index in [0.717, 1.165) is 19.3 Å². The van der Waals surface area contributed by atoms with Crippen molar-refractivity contribution in [2.24, 2.45) is 5.41 Å². The molecule has 0 aromatic heterocycles. The molecule has 3 heteroatoms. The molecular weight excluding hydrogens is 264 g/mol. The van der Waals surface area contributed by atoms with E-state index in [4.69, 9.17) is 9.78 Å². The maximum Gasteiger partial charge on any atom is 0.342 e. The molecule has 0 atom stereocenters. The monoisotopic (exact) mass is 300 g/mol. The molecule has 0 aromatic carbocycles. The van der Waals surface area contributed by atoms with Crippen molar-refractivity contribution in [3.05, 3.63) is 0 Å². The van der Waals surface area contributed by atoms with Gasteiger partial charge in [0.2, 0.25) is 0 Å². The molecule has 0 bridgehead atoms. The Balaban J connectivity index is 3.76. The summed E-state index contributed by atoms with van der Waals surface area (Å²) in [5.41, 5.74) is -0.510. The second-order valence-electron chi connectivity index (χ2n) is 7.16. The SMILES string of the molecule is CCCCCCCCCC(=O)OOC(C)(C)C(C)(C)CC. The molecule has 21 heavy (non-hydrogen) atoms. The fourth-order valence-electron chi connectivity index (χ4n) is 1.96. The first-order valence-electron chi connectivity index (χ1n) is 8.65. The zero-order chi connectivity index (χ0) is 16.4. The Kier molecular flexibility index (Phi) is 9.93. The second kappa shape index (κ2) is 10.2. The first-order valence-corrected chi connectivity index (χ1v) is 8.65. The highest BCUT2D eigenvalue weighted by Gasteiger charge is 2.38. The highest BCUT2D eigenvalue weighted by Crippen LogP contribution is 2.36. The maximum atomic E-state index is 11.7. The highest BCUT2D eigenvalue weighted by molar-refractivity contribution is 5.68. The quantitative estimate of drug-likeness (QED) is 0.259. The molecule has 0 aliphatic rings. The molecule has 0 saturated heterocycles. The van der Waals surface area contributed by atoms with Gasteiger partial charge < -0.3 is 0 Å². The highest BCUT2D eigenvalue weighted by atomic mass is 17.2. The number of rotatable bonds is 12. The standard InChI is InChI=1S/C18H36O3/c1-7-9-10-11-12-13-14-15-16(19)20-21-18(5,6)17(3,4)8-2/h7-15H2,1-6H3.